The molecule has 0 aliphatic carbocycles. The van der Waals surface area contributed by atoms with Gasteiger partial charge in [-0.05, 0) is 82.6 Å². The van der Waals surface area contributed by atoms with Crippen molar-refractivity contribution in [2.45, 2.75) is 19.3 Å². The molecule has 200 valence electrons. The van der Waals surface area contributed by atoms with Crippen LogP contribution in [-0.2, 0) is 5.41 Å². The minimum Gasteiger partial charge on any atom is -0.507 e. The van der Waals surface area contributed by atoms with Gasteiger partial charge >= 0.3 is 0 Å². The van der Waals surface area contributed by atoms with Crippen LogP contribution in [0.25, 0.3) is 22.3 Å². The maximum atomic E-state index is 11.1. The van der Waals surface area contributed by atoms with Gasteiger partial charge in [0.2, 0.25) is 0 Å². The van der Waals surface area contributed by atoms with E-state index in [9.17, 15) is 10.2 Å². The Balaban J connectivity index is 1.77. The van der Waals surface area contributed by atoms with E-state index in [2.05, 4.69) is 74.5 Å². The first kappa shape index (κ1) is 26.2. The number of aromatic hydroxyl groups is 2. The first-order chi connectivity index (χ1) is 20.0. The van der Waals surface area contributed by atoms with Crippen LogP contribution in [0.15, 0.2) is 146 Å². The van der Waals surface area contributed by atoms with E-state index in [1.165, 1.54) is 0 Å². The number of aryl methyl sites for hydroxylation is 2. The van der Waals surface area contributed by atoms with Crippen LogP contribution in [0.3, 0.4) is 0 Å². The third kappa shape index (κ3) is 4.58. The Morgan fingerprint density at radius 1 is 0.415 bits per heavy atom. The predicted molar refractivity (Wildman–Crippen MR) is 168 cm³/mol. The fraction of sp³-hybridized carbons (Fsp3) is 0.0769. The van der Waals surface area contributed by atoms with Gasteiger partial charge in [0.25, 0.3) is 0 Å². The molecule has 2 heteroatoms. The molecule has 6 rings (SSSR count). The largest absolute Gasteiger partial charge is 0.507 e. The van der Waals surface area contributed by atoms with E-state index in [0.717, 1.165) is 55.6 Å². The Kier molecular flexibility index (Phi) is 6.91. The van der Waals surface area contributed by atoms with Crippen molar-refractivity contribution in [3.8, 4) is 33.8 Å². The van der Waals surface area contributed by atoms with Crippen LogP contribution >= 0.6 is 0 Å². The zero-order valence-electron chi connectivity index (χ0n) is 23.3. The molecular weight excluding hydrogens is 500 g/mol. The highest BCUT2D eigenvalue weighted by Gasteiger charge is 2.41. The van der Waals surface area contributed by atoms with Crippen molar-refractivity contribution in [1.29, 1.82) is 0 Å². The quantitative estimate of drug-likeness (QED) is 0.210. The molecule has 6 aromatic rings. The van der Waals surface area contributed by atoms with E-state index in [1.54, 1.807) is 0 Å². The summed E-state index contributed by atoms with van der Waals surface area (Å²) in [5.41, 5.74) is 9.35. The van der Waals surface area contributed by atoms with Gasteiger partial charge in [0, 0.05) is 11.1 Å². The van der Waals surface area contributed by atoms with Gasteiger partial charge in [-0.2, -0.15) is 0 Å². The highest BCUT2D eigenvalue weighted by Crippen LogP contribution is 2.50. The van der Waals surface area contributed by atoms with Crippen LogP contribution in [0, 0.1) is 13.8 Å². The average molecular weight is 533 g/mol. The Hall–Kier alpha value is -5.08. The van der Waals surface area contributed by atoms with Gasteiger partial charge in [0.05, 0.1) is 5.41 Å². The first-order valence-corrected chi connectivity index (χ1v) is 13.9. The lowest BCUT2D eigenvalue weighted by atomic mass is 9.62. The number of phenols is 2. The fourth-order valence-electron chi connectivity index (χ4n) is 6.16. The van der Waals surface area contributed by atoms with Gasteiger partial charge in [-0.1, -0.05) is 121 Å². The molecule has 2 N–H and O–H groups in total. The monoisotopic (exact) mass is 532 g/mol. The molecule has 0 aliphatic rings. The number of hydrogen-bond donors (Lipinski definition) is 2. The second-order valence-corrected chi connectivity index (χ2v) is 10.6. The van der Waals surface area contributed by atoms with Gasteiger partial charge in [0.1, 0.15) is 11.5 Å². The molecule has 0 atom stereocenters. The standard InChI is InChI=1S/C39H32O2/c1-27-13-9-11-19-35(27)39(36-20-12-10-14-28(36)2,31-21-23-37(40)33(25-31)29-15-5-3-6-16-29)32-22-24-38(41)34(26-32)30-17-7-4-8-18-30/h3-26,40-41H,1-2H3. The van der Waals surface area contributed by atoms with E-state index >= 15 is 0 Å². The van der Waals surface area contributed by atoms with Crippen molar-refractivity contribution in [2.24, 2.45) is 0 Å². The number of rotatable bonds is 6. The minimum absolute atomic E-state index is 0.235. The molecular formula is C39H32O2. The third-order valence-corrected chi connectivity index (χ3v) is 8.13. The van der Waals surface area contributed by atoms with E-state index in [1.807, 2.05) is 84.9 Å². The van der Waals surface area contributed by atoms with Crippen LogP contribution < -0.4 is 0 Å². The summed E-state index contributed by atoms with van der Waals surface area (Å²) >= 11 is 0. The van der Waals surface area contributed by atoms with Gasteiger partial charge in [-0.3, -0.25) is 0 Å². The van der Waals surface area contributed by atoms with E-state index in [-0.39, 0.29) is 11.5 Å². The SMILES string of the molecule is Cc1ccccc1C(c1ccc(O)c(-c2ccccc2)c1)(c1ccc(O)c(-c2ccccc2)c1)c1ccccc1C. The first-order valence-electron chi connectivity index (χ1n) is 13.9. The smallest absolute Gasteiger partial charge is 0.123 e. The van der Waals surface area contributed by atoms with Gasteiger partial charge < -0.3 is 10.2 Å². The van der Waals surface area contributed by atoms with E-state index < -0.39 is 5.41 Å². The number of benzene rings is 6. The Bertz CT molecular complexity index is 1680. The maximum absolute atomic E-state index is 11.1. The van der Waals surface area contributed by atoms with E-state index in [4.69, 9.17) is 0 Å². The molecule has 0 aromatic heterocycles. The summed E-state index contributed by atoms with van der Waals surface area (Å²) in [7, 11) is 0. The second-order valence-electron chi connectivity index (χ2n) is 10.6. The van der Waals surface area contributed by atoms with Crippen molar-refractivity contribution in [2.75, 3.05) is 0 Å². The summed E-state index contributed by atoms with van der Waals surface area (Å²) in [6, 6.07) is 49.0. The van der Waals surface area contributed by atoms with Crippen LogP contribution in [0.1, 0.15) is 33.4 Å². The molecule has 0 spiro atoms. The summed E-state index contributed by atoms with van der Waals surface area (Å²) in [6.07, 6.45) is 0. The van der Waals surface area contributed by atoms with Crippen LogP contribution in [0.2, 0.25) is 0 Å². The molecule has 0 bridgehead atoms. The molecule has 0 amide bonds. The third-order valence-electron chi connectivity index (χ3n) is 8.13. The minimum atomic E-state index is -0.745. The zero-order valence-corrected chi connectivity index (χ0v) is 23.3. The Morgan fingerprint density at radius 3 is 1.17 bits per heavy atom. The van der Waals surface area contributed by atoms with Crippen LogP contribution in [0.4, 0.5) is 0 Å². The van der Waals surface area contributed by atoms with Crippen molar-refractivity contribution in [3.05, 3.63) is 179 Å². The molecule has 0 radical (unpaired) electrons. The molecule has 0 aliphatic heterocycles. The molecule has 2 nitrogen and oxygen atoms in total. The normalized spacial score (nSPS) is 11.4. The van der Waals surface area contributed by atoms with Crippen molar-refractivity contribution in [3.63, 3.8) is 0 Å². The van der Waals surface area contributed by atoms with Crippen molar-refractivity contribution >= 4 is 0 Å². The zero-order chi connectivity index (χ0) is 28.4. The summed E-state index contributed by atoms with van der Waals surface area (Å²) in [5, 5.41) is 22.1. The predicted octanol–water partition coefficient (Wildman–Crippen LogP) is 9.43. The van der Waals surface area contributed by atoms with Gasteiger partial charge in [-0.15, -0.1) is 0 Å². The molecule has 0 saturated heterocycles. The fourth-order valence-corrected chi connectivity index (χ4v) is 6.16. The Labute approximate surface area is 241 Å². The highest BCUT2D eigenvalue weighted by atomic mass is 16.3. The molecule has 0 fully saturated rings. The van der Waals surface area contributed by atoms with E-state index in [0.29, 0.717) is 0 Å². The topological polar surface area (TPSA) is 40.5 Å². The number of hydrogen-bond acceptors (Lipinski definition) is 2. The summed E-state index contributed by atoms with van der Waals surface area (Å²) < 4.78 is 0. The molecule has 6 aromatic carbocycles. The molecule has 0 saturated carbocycles. The maximum Gasteiger partial charge on any atom is 0.123 e. The lowest BCUT2D eigenvalue weighted by Gasteiger charge is -2.39. The van der Waals surface area contributed by atoms with Gasteiger partial charge in [-0.25, -0.2) is 0 Å². The van der Waals surface area contributed by atoms with Gasteiger partial charge in [0.15, 0.2) is 0 Å². The lowest BCUT2D eigenvalue weighted by molar-refractivity contribution is 0.476. The second kappa shape index (κ2) is 10.8. The van der Waals surface area contributed by atoms with Crippen LogP contribution in [0.5, 0.6) is 11.5 Å². The molecule has 0 heterocycles. The van der Waals surface area contributed by atoms with Crippen molar-refractivity contribution in [1.82, 2.24) is 0 Å². The summed E-state index contributed by atoms with van der Waals surface area (Å²) in [6.45, 7) is 4.30. The summed E-state index contributed by atoms with van der Waals surface area (Å²) in [4.78, 5) is 0. The average Bonchev–Trinajstić information content (AvgIpc) is 3.01. The summed E-state index contributed by atoms with van der Waals surface area (Å²) in [5.74, 6) is 0.471. The molecule has 41 heavy (non-hydrogen) atoms. The lowest BCUT2D eigenvalue weighted by Crippen LogP contribution is -2.33. The van der Waals surface area contributed by atoms with Crippen molar-refractivity contribution < 1.29 is 10.2 Å². The highest BCUT2D eigenvalue weighted by molar-refractivity contribution is 5.76. The number of phenolic OH excluding ortho intramolecular Hbond substituents is 2. The molecule has 0 unspecified atom stereocenters. The van der Waals surface area contributed by atoms with Crippen LogP contribution in [-0.4, -0.2) is 10.2 Å². The Morgan fingerprint density at radius 2 is 0.780 bits per heavy atom.